The molecule has 0 N–H and O–H groups in total. The normalized spacial score (nSPS) is 9.71. The summed E-state index contributed by atoms with van der Waals surface area (Å²) in [5, 5.41) is 0. The summed E-state index contributed by atoms with van der Waals surface area (Å²) >= 11 is 0. The number of benzene rings is 2. The van der Waals surface area contributed by atoms with E-state index in [2.05, 4.69) is 34.0 Å². The summed E-state index contributed by atoms with van der Waals surface area (Å²) in [6.45, 7) is 6.91. The van der Waals surface area contributed by atoms with Gasteiger partial charge in [0.2, 0.25) is 0 Å². The van der Waals surface area contributed by atoms with E-state index in [4.69, 9.17) is 6.57 Å². The molecule has 0 bridgehead atoms. The molecule has 0 heterocycles. The van der Waals surface area contributed by atoms with Crippen LogP contribution in [0.3, 0.4) is 0 Å². The summed E-state index contributed by atoms with van der Waals surface area (Å²) in [5.41, 5.74) is 4.18. The van der Waals surface area contributed by atoms with Crippen LogP contribution in [0.5, 0.6) is 0 Å². The zero-order valence-corrected chi connectivity index (χ0v) is 10.0. The number of hydrogen-bond donors (Lipinski definition) is 0. The molecule has 0 fully saturated rings. The molecule has 0 aromatic heterocycles. The third kappa shape index (κ3) is 2.46. The van der Waals surface area contributed by atoms with Gasteiger partial charge >= 0.3 is 0 Å². The van der Waals surface area contributed by atoms with Gasteiger partial charge in [0, 0.05) is 19.8 Å². The van der Waals surface area contributed by atoms with Gasteiger partial charge in [0.05, 0.1) is 6.57 Å². The summed E-state index contributed by atoms with van der Waals surface area (Å²) in [7, 11) is 4.05. The first kappa shape index (κ1) is 11.2. The van der Waals surface area contributed by atoms with E-state index in [0.29, 0.717) is 5.69 Å². The van der Waals surface area contributed by atoms with E-state index < -0.39 is 0 Å². The standard InChI is InChI=1S/C15H14N2/c1-16-14-8-4-12(5-9-14)13-6-10-15(11-7-13)17(2)3/h4-11H,2-3H3. The van der Waals surface area contributed by atoms with Crippen LogP contribution in [-0.2, 0) is 0 Å². The van der Waals surface area contributed by atoms with E-state index in [1.54, 1.807) is 0 Å². The average Bonchev–Trinajstić information content (AvgIpc) is 2.39. The van der Waals surface area contributed by atoms with Crippen LogP contribution in [0, 0.1) is 6.57 Å². The molecule has 0 radical (unpaired) electrons. The maximum Gasteiger partial charge on any atom is 0.187 e. The molecule has 2 aromatic rings. The molecule has 2 aromatic carbocycles. The van der Waals surface area contributed by atoms with Crippen molar-refractivity contribution >= 4 is 11.4 Å². The second-order valence-electron chi connectivity index (χ2n) is 4.10. The smallest absolute Gasteiger partial charge is 0.187 e. The van der Waals surface area contributed by atoms with Crippen LogP contribution in [0.4, 0.5) is 11.4 Å². The fourth-order valence-electron chi connectivity index (χ4n) is 1.68. The van der Waals surface area contributed by atoms with Gasteiger partial charge in [0.15, 0.2) is 5.69 Å². The first-order valence-corrected chi connectivity index (χ1v) is 5.46. The molecule has 0 saturated carbocycles. The number of rotatable bonds is 2. The van der Waals surface area contributed by atoms with Crippen LogP contribution in [0.1, 0.15) is 0 Å². The second-order valence-corrected chi connectivity index (χ2v) is 4.10. The van der Waals surface area contributed by atoms with Crippen molar-refractivity contribution in [3.63, 3.8) is 0 Å². The lowest BCUT2D eigenvalue weighted by Gasteiger charge is -2.12. The highest BCUT2D eigenvalue weighted by Gasteiger charge is 1.99. The zero-order chi connectivity index (χ0) is 12.3. The average molecular weight is 222 g/mol. The van der Waals surface area contributed by atoms with Gasteiger partial charge in [-0.3, -0.25) is 0 Å². The van der Waals surface area contributed by atoms with Crippen molar-refractivity contribution in [2.24, 2.45) is 0 Å². The number of hydrogen-bond acceptors (Lipinski definition) is 1. The van der Waals surface area contributed by atoms with E-state index in [1.165, 1.54) is 11.3 Å². The Hall–Kier alpha value is -2.27. The molecular formula is C15H14N2. The first-order chi connectivity index (χ1) is 8.20. The van der Waals surface area contributed by atoms with Gasteiger partial charge in [0.25, 0.3) is 0 Å². The monoisotopic (exact) mass is 222 g/mol. The van der Waals surface area contributed by atoms with Crippen LogP contribution in [0.2, 0.25) is 0 Å². The molecular weight excluding hydrogens is 208 g/mol. The van der Waals surface area contributed by atoms with Crippen molar-refractivity contribution in [3.05, 3.63) is 59.9 Å². The van der Waals surface area contributed by atoms with Gasteiger partial charge in [-0.2, -0.15) is 0 Å². The minimum Gasteiger partial charge on any atom is -0.378 e. The molecule has 2 heteroatoms. The van der Waals surface area contributed by atoms with Crippen LogP contribution in [0.15, 0.2) is 48.5 Å². The van der Waals surface area contributed by atoms with Crippen molar-refractivity contribution in [2.45, 2.75) is 0 Å². The molecule has 2 nitrogen and oxygen atoms in total. The molecule has 0 spiro atoms. The van der Waals surface area contributed by atoms with Gasteiger partial charge in [-0.15, -0.1) is 0 Å². The van der Waals surface area contributed by atoms with Crippen molar-refractivity contribution < 1.29 is 0 Å². The van der Waals surface area contributed by atoms with Crippen LogP contribution in [-0.4, -0.2) is 14.1 Å². The third-order valence-corrected chi connectivity index (χ3v) is 2.71. The molecule has 0 aliphatic carbocycles. The van der Waals surface area contributed by atoms with Crippen molar-refractivity contribution in [1.82, 2.24) is 0 Å². The molecule has 0 aliphatic heterocycles. The summed E-state index contributed by atoms with van der Waals surface area (Å²) in [5.74, 6) is 0. The first-order valence-electron chi connectivity index (χ1n) is 5.46. The fraction of sp³-hybridized carbons (Fsp3) is 0.133. The lowest BCUT2D eigenvalue weighted by atomic mass is 10.1. The summed E-state index contributed by atoms with van der Waals surface area (Å²) in [4.78, 5) is 5.46. The van der Waals surface area contributed by atoms with Gasteiger partial charge in [-0.1, -0.05) is 36.4 Å². The van der Waals surface area contributed by atoms with Gasteiger partial charge < -0.3 is 4.90 Å². The van der Waals surface area contributed by atoms with Crippen molar-refractivity contribution in [3.8, 4) is 11.1 Å². The van der Waals surface area contributed by atoms with E-state index in [1.807, 2.05) is 38.4 Å². The summed E-state index contributed by atoms with van der Waals surface area (Å²) in [6.07, 6.45) is 0. The molecule has 0 atom stereocenters. The van der Waals surface area contributed by atoms with Gasteiger partial charge in [0.1, 0.15) is 0 Å². The quantitative estimate of drug-likeness (QED) is 0.698. The minimum atomic E-state index is 0.679. The predicted molar refractivity (Wildman–Crippen MR) is 72.5 cm³/mol. The Morgan fingerprint density at radius 3 is 1.71 bits per heavy atom. The Balaban J connectivity index is 2.30. The van der Waals surface area contributed by atoms with Crippen molar-refractivity contribution in [1.29, 1.82) is 0 Å². The Kier molecular flexibility index (Phi) is 3.11. The Bertz CT molecular complexity index is 531. The highest BCUT2D eigenvalue weighted by Crippen LogP contribution is 2.24. The topological polar surface area (TPSA) is 7.60 Å². The van der Waals surface area contributed by atoms with Crippen LogP contribution in [0.25, 0.3) is 16.0 Å². The summed E-state index contributed by atoms with van der Waals surface area (Å²) < 4.78 is 0. The number of nitrogens with zero attached hydrogens (tertiary/aromatic N) is 2. The largest absolute Gasteiger partial charge is 0.378 e. The molecule has 84 valence electrons. The van der Waals surface area contributed by atoms with Crippen molar-refractivity contribution in [2.75, 3.05) is 19.0 Å². The SMILES string of the molecule is [C-]#[N+]c1ccc(-c2ccc(N(C)C)cc2)cc1. The van der Waals surface area contributed by atoms with Crippen LogP contribution < -0.4 is 4.90 Å². The van der Waals surface area contributed by atoms with Gasteiger partial charge in [-0.25, -0.2) is 4.85 Å². The Morgan fingerprint density at radius 1 is 0.824 bits per heavy atom. The lowest BCUT2D eigenvalue weighted by molar-refractivity contribution is 1.13. The minimum absolute atomic E-state index is 0.679. The lowest BCUT2D eigenvalue weighted by Crippen LogP contribution is -2.07. The molecule has 0 amide bonds. The highest BCUT2D eigenvalue weighted by molar-refractivity contribution is 5.68. The molecule has 2 rings (SSSR count). The molecule has 17 heavy (non-hydrogen) atoms. The Morgan fingerprint density at radius 2 is 1.29 bits per heavy atom. The molecule has 0 unspecified atom stereocenters. The predicted octanol–water partition coefficient (Wildman–Crippen LogP) is 3.97. The zero-order valence-electron chi connectivity index (χ0n) is 10.0. The molecule has 0 saturated heterocycles. The van der Waals surface area contributed by atoms with E-state index in [0.717, 1.165) is 5.56 Å². The maximum absolute atomic E-state index is 6.91. The van der Waals surface area contributed by atoms with E-state index in [-0.39, 0.29) is 0 Å². The number of anilines is 1. The maximum atomic E-state index is 6.91. The molecule has 0 aliphatic rings. The highest BCUT2D eigenvalue weighted by atomic mass is 15.1. The Labute approximate surface area is 102 Å². The van der Waals surface area contributed by atoms with E-state index >= 15 is 0 Å². The third-order valence-electron chi connectivity index (χ3n) is 2.71. The van der Waals surface area contributed by atoms with E-state index in [9.17, 15) is 0 Å². The fourth-order valence-corrected chi connectivity index (χ4v) is 1.68. The summed E-state index contributed by atoms with van der Waals surface area (Å²) in [6, 6.07) is 16.1. The van der Waals surface area contributed by atoms with Gasteiger partial charge in [-0.05, 0) is 23.3 Å². The van der Waals surface area contributed by atoms with Crippen LogP contribution >= 0.6 is 0 Å². The second kappa shape index (κ2) is 4.71.